The largest absolute Gasteiger partial charge is 0.497 e. The van der Waals surface area contributed by atoms with Crippen LogP contribution in [0.15, 0.2) is 78.0 Å². The standard InChI is InChI=1S/C27H27ClN4O2S/c1-4-15-31(2)26(33)20-13-11-19(12-14-20)18-35-27-30-29-25(21-7-5-10-24(16-21)34-3)32(27)23-9-6-8-22(28)17-23/h5-14,16-17H,4,15,18H2,1-3H3. The van der Waals surface area contributed by atoms with Crippen LogP contribution in [0.5, 0.6) is 5.75 Å². The van der Waals surface area contributed by atoms with E-state index >= 15 is 0 Å². The van der Waals surface area contributed by atoms with Crippen molar-refractivity contribution < 1.29 is 9.53 Å². The number of benzene rings is 3. The number of hydrogen-bond donors (Lipinski definition) is 0. The third kappa shape index (κ3) is 5.86. The predicted molar refractivity (Wildman–Crippen MR) is 142 cm³/mol. The summed E-state index contributed by atoms with van der Waals surface area (Å²) >= 11 is 7.88. The molecule has 0 N–H and O–H groups in total. The van der Waals surface area contributed by atoms with E-state index in [-0.39, 0.29) is 5.91 Å². The zero-order valence-electron chi connectivity index (χ0n) is 19.9. The Balaban J connectivity index is 1.60. The summed E-state index contributed by atoms with van der Waals surface area (Å²) in [5.74, 6) is 2.16. The normalized spacial score (nSPS) is 10.9. The molecule has 0 saturated heterocycles. The first kappa shape index (κ1) is 24.8. The number of aromatic nitrogens is 3. The summed E-state index contributed by atoms with van der Waals surface area (Å²) in [4.78, 5) is 14.3. The van der Waals surface area contributed by atoms with Crippen molar-refractivity contribution in [1.82, 2.24) is 19.7 Å². The average molecular weight is 507 g/mol. The molecule has 0 fully saturated rings. The van der Waals surface area contributed by atoms with Gasteiger partial charge in [0.25, 0.3) is 5.91 Å². The molecule has 180 valence electrons. The van der Waals surface area contributed by atoms with E-state index in [1.807, 2.05) is 84.4 Å². The summed E-state index contributed by atoms with van der Waals surface area (Å²) < 4.78 is 7.40. The summed E-state index contributed by atoms with van der Waals surface area (Å²) in [6, 6.07) is 23.1. The van der Waals surface area contributed by atoms with Crippen LogP contribution in [0.3, 0.4) is 0 Å². The van der Waals surface area contributed by atoms with E-state index in [0.29, 0.717) is 22.2 Å². The highest BCUT2D eigenvalue weighted by Crippen LogP contribution is 2.32. The van der Waals surface area contributed by atoms with Gasteiger partial charge in [0.15, 0.2) is 11.0 Å². The SMILES string of the molecule is CCCN(C)C(=O)c1ccc(CSc2nnc(-c3cccc(OC)c3)n2-c2cccc(Cl)c2)cc1. The van der Waals surface area contributed by atoms with E-state index in [2.05, 4.69) is 17.1 Å². The van der Waals surface area contributed by atoms with Gasteiger partial charge in [0.1, 0.15) is 5.75 Å². The number of carbonyl (C=O) groups excluding carboxylic acids is 1. The van der Waals surface area contributed by atoms with Crippen molar-refractivity contribution in [3.8, 4) is 22.8 Å². The number of nitrogens with zero attached hydrogens (tertiary/aromatic N) is 4. The Hall–Kier alpha value is -3.29. The van der Waals surface area contributed by atoms with Gasteiger partial charge in [-0.3, -0.25) is 9.36 Å². The first-order valence-electron chi connectivity index (χ1n) is 11.3. The Morgan fingerprint density at radius 3 is 2.54 bits per heavy atom. The molecule has 1 heterocycles. The number of ether oxygens (including phenoxy) is 1. The predicted octanol–water partition coefficient (Wildman–Crippen LogP) is 6.37. The number of thioether (sulfide) groups is 1. The van der Waals surface area contributed by atoms with Gasteiger partial charge in [-0.2, -0.15) is 0 Å². The molecule has 1 aromatic heterocycles. The van der Waals surface area contributed by atoms with Crippen LogP contribution in [-0.2, 0) is 5.75 Å². The van der Waals surface area contributed by atoms with Gasteiger partial charge in [-0.05, 0) is 54.4 Å². The van der Waals surface area contributed by atoms with E-state index < -0.39 is 0 Å². The zero-order valence-corrected chi connectivity index (χ0v) is 21.5. The molecule has 0 spiro atoms. The van der Waals surface area contributed by atoms with E-state index in [4.69, 9.17) is 16.3 Å². The highest BCUT2D eigenvalue weighted by atomic mass is 35.5. The van der Waals surface area contributed by atoms with Crippen LogP contribution in [0.4, 0.5) is 0 Å². The molecular weight excluding hydrogens is 480 g/mol. The minimum atomic E-state index is 0.0367. The van der Waals surface area contributed by atoms with E-state index in [0.717, 1.165) is 40.7 Å². The Labute approximate surface area is 214 Å². The van der Waals surface area contributed by atoms with Gasteiger partial charge in [-0.1, -0.05) is 60.6 Å². The number of halogens is 1. The van der Waals surface area contributed by atoms with E-state index in [9.17, 15) is 4.79 Å². The van der Waals surface area contributed by atoms with Crippen molar-refractivity contribution in [3.63, 3.8) is 0 Å². The Kier molecular flexibility index (Phi) is 8.10. The van der Waals surface area contributed by atoms with E-state index in [1.165, 1.54) is 0 Å². The highest BCUT2D eigenvalue weighted by molar-refractivity contribution is 7.98. The first-order chi connectivity index (χ1) is 17.0. The minimum absolute atomic E-state index is 0.0367. The van der Waals surface area contributed by atoms with Crippen molar-refractivity contribution in [2.45, 2.75) is 24.3 Å². The molecule has 0 aliphatic carbocycles. The quantitative estimate of drug-likeness (QED) is 0.247. The van der Waals surface area contributed by atoms with Crippen LogP contribution < -0.4 is 4.74 Å². The number of hydrogen-bond acceptors (Lipinski definition) is 5. The molecule has 4 aromatic rings. The first-order valence-corrected chi connectivity index (χ1v) is 12.7. The lowest BCUT2D eigenvalue weighted by Crippen LogP contribution is -2.27. The molecule has 0 aliphatic rings. The lowest BCUT2D eigenvalue weighted by Gasteiger charge is -2.16. The molecule has 35 heavy (non-hydrogen) atoms. The minimum Gasteiger partial charge on any atom is -0.497 e. The molecule has 3 aromatic carbocycles. The molecule has 0 saturated carbocycles. The monoisotopic (exact) mass is 506 g/mol. The second kappa shape index (κ2) is 11.4. The van der Waals surface area contributed by atoms with Crippen LogP contribution in [0.1, 0.15) is 29.3 Å². The van der Waals surface area contributed by atoms with Gasteiger partial charge in [-0.25, -0.2) is 0 Å². The number of amides is 1. The maximum absolute atomic E-state index is 12.5. The van der Waals surface area contributed by atoms with Crippen LogP contribution in [0.2, 0.25) is 5.02 Å². The fourth-order valence-corrected chi connectivity index (χ4v) is 4.80. The lowest BCUT2D eigenvalue weighted by atomic mass is 10.1. The molecule has 0 bridgehead atoms. The van der Waals surface area contributed by atoms with Crippen LogP contribution in [0, 0.1) is 0 Å². The van der Waals surface area contributed by atoms with Gasteiger partial charge < -0.3 is 9.64 Å². The third-order valence-corrected chi connectivity index (χ3v) is 6.74. The summed E-state index contributed by atoms with van der Waals surface area (Å²) in [7, 11) is 3.47. The molecular formula is C27H27ClN4O2S. The van der Waals surface area contributed by atoms with Gasteiger partial charge in [0.2, 0.25) is 0 Å². The summed E-state index contributed by atoms with van der Waals surface area (Å²) in [5.41, 5.74) is 3.55. The lowest BCUT2D eigenvalue weighted by molar-refractivity contribution is 0.0795. The molecule has 0 atom stereocenters. The molecule has 4 rings (SSSR count). The van der Waals surface area contributed by atoms with Gasteiger partial charge >= 0.3 is 0 Å². The molecule has 0 aliphatic heterocycles. The fourth-order valence-electron chi connectivity index (χ4n) is 3.71. The van der Waals surface area contributed by atoms with Crippen molar-refractivity contribution >= 4 is 29.3 Å². The second-order valence-corrected chi connectivity index (χ2v) is 9.44. The number of rotatable bonds is 9. The van der Waals surface area contributed by atoms with Crippen LogP contribution in [-0.4, -0.2) is 46.3 Å². The highest BCUT2D eigenvalue weighted by Gasteiger charge is 2.17. The molecule has 1 amide bonds. The van der Waals surface area contributed by atoms with Crippen molar-refractivity contribution in [2.75, 3.05) is 20.7 Å². The Bertz CT molecular complexity index is 1310. The van der Waals surface area contributed by atoms with Gasteiger partial charge in [0.05, 0.1) is 12.8 Å². The molecule has 0 unspecified atom stereocenters. The fraction of sp³-hybridized carbons (Fsp3) is 0.222. The van der Waals surface area contributed by atoms with Gasteiger partial charge in [0, 0.05) is 35.5 Å². The van der Waals surface area contributed by atoms with Crippen molar-refractivity contribution in [2.24, 2.45) is 0 Å². The van der Waals surface area contributed by atoms with E-state index in [1.54, 1.807) is 23.8 Å². The number of methoxy groups -OCH3 is 1. The van der Waals surface area contributed by atoms with Crippen molar-refractivity contribution in [3.05, 3.63) is 88.9 Å². The smallest absolute Gasteiger partial charge is 0.253 e. The van der Waals surface area contributed by atoms with Crippen LogP contribution in [0.25, 0.3) is 17.1 Å². The summed E-state index contributed by atoms with van der Waals surface area (Å²) in [5, 5.41) is 10.4. The summed E-state index contributed by atoms with van der Waals surface area (Å²) in [6.45, 7) is 2.80. The average Bonchev–Trinajstić information content (AvgIpc) is 3.31. The third-order valence-electron chi connectivity index (χ3n) is 5.50. The molecule has 0 radical (unpaired) electrons. The topological polar surface area (TPSA) is 60.3 Å². The Morgan fingerprint density at radius 1 is 1.06 bits per heavy atom. The zero-order chi connectivity index (χ0) is 24.8. The van der Waals surface area contributed by atoms with Crippen molar-refractivity contribution in [1.29, 1.82) is 0 Å². The molecule has 6 nitrogen and oxygen atoms in total. The summed E-state index contributed by atoms with van der Waals surface area (Å²) in [6.07, 6.45) is 0.933. The number of carbonyl (C=O) groups is 1. The van der Waals surface area contributed by atoms with Crippen LogP contribution >= 0.6 is 23.4 Å². The maximum Gasteiger partial charge on any atom is 0.253 e. The second-order valence-electron chi connectivity index (χ2n) is 8.07. The maximum atomic E-state index is 12.5. The Morgan fingerprint density at radius 2 is 1.83 bits per heavy atom. The van der Waals surface area contributed by atoms with Gasteiger partial charge in [-0.15, -0.1) is 10.2 Å². The molecule has 8 heteroatoms.